The summed E-state index contributed by atoms with van der Waals surface area (Å²) < 4.78 is 26.1. The first-order valence-electron chi connectivity index (χ1n) is 6.90. The number of sulfonamides is 1. The minimum atomic E-state index is -3.36. The van der Waals surface area contributed by atoms with E-state index in [0.717, 1.165) is 16.3 Å². The molecule has 0 unspecified atom stereocenters. The number of rotatable bonds is 6. The van der Waals surface area contributed by atoms with Gasteiger partial charge in [0.25, 0.3) is 0 Å². The molecule has 0 spiro atoms. The zero-order chi connectivity index (χ0) is 16.9. The lowest BCUT2D eigenvalue weighted by molar-refractivity contribution is -0.120. The second-order valence-electron chi connectivity index (χ2n) is 5.11. The summed E-state index contributed by atoms with van der Waals surface area (Å²) in [6.07, 6.45) is 1.37. The Balaban J connectivity index is 1.98. The molecular weight excluding hydrogens is 380 g/mol. The molecule has 0 fully saturated rings. The SMILES string of the molecule is CS(=O)(=O)Nc1ccccc1CNC(=O)Cc1ccc(Br)cc1. The lowest BCUT2D eigenvalue weighted by Crippen LogP contribution is -2.25. The predicted octanol–water partition coefficient (Wildman–Crippen LogP) is 2.68. The smallest absolute Gasteiger partial charge is 0.229 e. The molecule has 0 aromatic heterocycles. The minimum Gasteiger partial charge on any atom is -0.352 e. The molecule has 2 aromatic carbocycles. The van der Waals surface area contributed by atoms with Crippen molar-refractivity contribution >= 4 is 37.5 Å². The van der Waals surface area contributed by atoms with Gasteiger partial charge < -0.3 is 5.32 Å². The van der Waals surface area contributed by atoms with Gasteiger partial charge in [-0.25, -0.2) is 8.42 Å². The molecule has 0 bridgehead atoms. The van der Waals surface area contributed by atoms with Gasteiger partial charge in [0.15, 0.2) is 0 Å². The molecule has 122 valence electrons. The maximum Gasteiger partial charge on any atom is 0.229 e. The molecule has 2 N–H and O–H groups in total. The quantitative estimate of drug-likeness (QED) is 0.787. The zero-order valence-electron chi connectivity index (χ0n) is 12.5. The van der Waals surface area contributed by atoms with Crippen LogP contribution in [0.5, 0.6) is 0 Å². The summed E-state index contributed by atoms with van der Waals surface area (Å²) in [7, 11) is -3.36. The Morgan fingerprint density at radius 1 is 1.09 bits per heavy atom. The third-order valence-corrected chi connectivity index (χ3v) is 4.19. The van der Waals surface area contributed by atoms with Crippen molar-refractivity contribution in [3.05, 3.63) is 64.1 Å². The van der Waals surface area contributed by atoms with Crippen LogP contribution in [0, 0.1) is 0 Å². The van der Waals surface area contributed by atoms with Crippen molar-refractivity contribution in [2.45, 2.75) is 13.0 Å². The van der Waals surface area contributed by atoms with Gasteiger partial charge in [0.2, 0.25) is 15.9 Å². The van der Waals surface area contributed by atoms with Crippen molar-refractivity contribution in [3.63, 3.8) is 0 Å². The van der Waals surface area contributed by atoms with Crippen molar-refractivity contribution in [2.75, 3.05) is 11.0 Å². The number of carbonyl (C=O) groups excluding carboxylic acids is 1. The van der Waals surface area contributed by atoms with E-state index in [-0.39, 0.29) is 18.9 Å². The largest absolute Gasteiger partial charge is 0.352 e. The predicted molar refractivity (Wildman–Crippen MR) is 94.6 cm³/mol. The Kier molecular flexibility index (Phi) is 5.79. The van der Waals surface area contributed by atoms with Crippen LogP contribution in [0.2, 0.25) is 0 Å². The first kappa shape index (κ1) is 17.5. The van der Waals surface area contributed by atoms with Crippen molar-refractivity contribution in [1.82, 2.24) is 5.32 Å². The summed E-state index contributed by atoms with van der Waals surface area (Å²) in [6, 6.07) is 14.5. The number of hydrogen-bond acceptors (Lipinski definition) is 3. The summed E-state index contributed by atoms with van der Waals surface area (Å²) in [5, 5.41) is 2.80. The number of para-hydroxylation sites is 1. The van der Waals surface area contributed by atoms with Crippen LogP contribution in [-0.2, 0) is 27.8 Å². The molecule has 7 heteroatoms. The van der Waals surface area contributed by atoms with E-state index in [2.05, 4.69) is 26.0 Å². The molecule has 0 atom stereocenters. The van der Waals surface area contributed by atoms with Crippen LogP contribution in [-0.4, -0.2) is 20.6 Å². The van der Waals surface area contributed by atoms with Crippen LogP contribution in [0.4, 0.5) is 5.69 Å². The topological polar surface area (TPSA) is 75.3 Å². The standard InChI is InChI=1S/C16H17BrN2O3S/c1-23(21,22)19-15-5-3-2-4-13(15)11-18-16(20)10-12-6-8-14(17)9-7-12/h2-9,19H,10-11H2,1H3,(H,18,20). The molecule has 0 saturated heterocycles. The molecule has 0 radical (unpaired) electrons. The van der Waals surface area contributed by atoms with Gasteiger partial charge in [-0.2, -0.15) is 0 Å². The molecular formula is C16H17BrN2O3S. The average molecular weight is 397 g/mol. The fourth-order valence-electron chi connectivity index (χ4n) is 2.02. The normalized spacial score (nSPS) is 11.0. The molecule has 5 nitrogen and oxygen atoms in total. The van der Waals surface area contributed by atoms with Gasteiger partial charge >= 0.3 is 0 Å². The Hall–Kier alpha value is -1.86. The van der Waals surface area contributed by atoms with Crippen molar-refractivity contribution < 1.29 is 13.2 Å². The third-order valence-electron chi connectivity index (χ3n) is 3.07. The number of anilines is 1. The van der Waals surface area contributed by atoms with Gasteiger partial charge in [-0.15, -0.1) is 0 Å². The van der Waals surface area contributed by atoms with Crippen molar-refractivity contribution in [3.8, 4) is 0 Å². The first-order chi connectivity index (χ1) is 10.8. The highest BCUT2D eigenvalue weighted by Crippen LogP contribution is 2.16. The van der Waals surface area contributed by atoms with Gasteiger partial charge in [0.1, 0.15) is 0 Å². The van der Waals surface area contributed by atoms with Gasteiger partial charge in [0, 0.05) is 11.0 Å². The van der Waals surface area contributed by atoms with Crippen LogP contribution >= 0.6 is 15.9 Å². The van der Waals surface area contributed by atoms with Crippen LogP contribution < -0.4 is 10.0 Å². The molecule has 1 amide bonds. The Morgan fingerprint density at radius 2 is 1.74 bits per heavy atom. The average Bonchev–Trinajstić information content (AvgIpc) is 2.47. The zero-order valence-corrected chi connectivity index (χ0v) is 14.9. The minimum absolute atomic E-state index is 0.124. The second kappa shape index (κ2) is 7.61. The number of halogens is 1. The lowest BCUT2D eigenvalue weighted by atomic mass is 10.1. The van der Waals surface area contributed by atoms with E-state index in [1.54, 1.807) is 24.3 Å². The molecule has 0 heterocycles. The molecule has 2 aromatic rings. The number of carbonyl (C=O) groups is 1. The van der Waals surface area contributed by atoms with Crippen molar-refractivity contribution in [1.29, 1.82) is 0 Å². The summed E-state index contributed by atoms with van der Waals surface area (Å²) in [5.41, 5.74) is 2.09. The summed E-state index contributed by atoms with van der Waals surface area (Å²) >= 11 is 3.35. The maximum absolute atomic E-state index is 12.0. The fourth-order valence-corrected chi connectivity index (χ4v) is 2.88. The molecule has 0 aliphatic carbocycles. The van der Waals surface area contributed by atoms with Crippen LogP contribution in [0.25, 0.3) is 0 Å². The van der Waals surface area contributed by atoms with Gasteiger partial charge in [-0.1, -0.05) is 46.3 Å². The Labute approximate surface area is 144 Å². The highest BCUT2D eigenvalue weighted by atomic mass is 79.9. The molecule has 23 heavy (non-hydrogen) atoms. The van der Waals surface area contributed by atoms with E-state index in [9.17, 15) is 13.2 Å². The fraction of sp³-hybridized carbons (Fsp3) is 0.188. The van der Waals surface area contributed by atoms with Crippen LogP contribution in [0.1, 0.15) is 11.1 Å². The number of benzene rings is 2. The van der Waals surface area contributed by atoms with E-state index >= 15 is 0 Å². The molecule has 0 aliphatic heterocycles. The van der Waals surface area contributed by atoms with Crippen LogP contribution in [0.3, 0.4) is 0 Å². The highest BCUT2D eigenvalue weighted by Gasteiger charge is 2.09. The lowest BCUT2D eigenvalue weighted by Gasteiger charge is -2.11. The van der Waals surface area contributed by atoms with Gasteiger partial charge in [0.05, 0.1) is 18.4 Å². The summed E-state index contributed by atoms with van der Waals surface area (Å²) in [4.78, 5) is 12.0. The van der Waals surface area contributed by atoms with Crippen LogP contribution in [0.15, 0.2) is 53.0 Å². The molecule has 0 saturated carbocycles. The number of hydrogen-bond donors (Lipinski definition) is 2. The van der Waals surface area contributed by atoms with E-state index in [1.807, 2.05) is 24.3 Å². The highest BCUT2D eigenvalue weighted by molar-refractivity contribution is 9.10. The Bertz CT molecular complexity index is 789. The molecule has 2 rings (SSSR count). The summed E-state index contributed by atoms with van der Waals surface area (Å²) in [6.45, 7) is 0.258. The van der Waals surface area contributed by atoms with E-state index in [1.165, 1.54) is 0 Å². The number of nitrogens with one attached hydrogen (secondary N) is 2. The van der Waals surface area contributed by atoms with E-state index in [4.69, 9.17) is 0 Å². The van der Waals surface area contributed by atoms with Gasteiger partial charge in [-0.3, -0.25) is 9.52 Å². The molecule has 0 aliphatic rings. The summed E-state index contributed by atoms with van der Waals surface area (Å²) in [5.74, 6) is -0.124. The van der Waals surface area contributed by atoms with E-state index in [0.29, 0.717) is 11.3 Å². The van der Waals surface area contributed by atoms with Gasteiger partial charge in [-0.05, 0) is 29.3 Å². The Morgan fingerprint density at radius 3 is 2.39 bits per heavy atom. The first-order valence-corrected chi connectivity index (χ1v) is 9.59. The monoisotopic (exact) mass is 396 g/mol. The van der Waals surface area contributed by atoms with E-state index < -0.39 is 10.0 Å². The second-order valence-corrected chi connectivity index (χ2v) is 7.78. The number of amides is 1. The third kappa shape index (κ3) is 6.03. The van der Waals surface area contributed by atoms with Crippen molar-refractivity contribution in [2.24, 2.45) is 0 Å². The maximum atomic E-state index is 12.0.